The van der Waals surface area contributed by atoms with Crippen molar-refractivity contribution >= 4 is 0 Å². The van der Waals surface area contributed by atoms with Crippen LogP contribution in [0.1, 0.15) is 40.0 Å². The summed E-state index contributed by atoms with van der Waals surface area (Å²) in [6.07, 6.45) is 9.88. The van der Waals surface area contributed by atoms with Gasteiger partial charge in [0.25, 0.3) is 0 Å². The fourth-order valence-electron chi connectivity index (χ4n) is 2.49. The third-order valence-electron chi connectivity index (χ3n) is 3.57. The highest BCUT2D eigenvalue weighted by Gasteiger charge is 2.32. The van der Waals surface area contributed by atoms with E-state index in [1.807, 2.05) is 13.0 Å². The molecule has 1 nitrogen and oxygen atoms in total. The highest BCUT2D eigenvalue weighted by molar-refractivity contribution is 5.23. The van der Waals surface area contributed by atoms with Crippen molar-refractivity contribution in [1.29, 1.82) is 0 Å². The average Bonchev–Trinajstić information content (AvgIpc) is 2.16. The molecule has 1 heteroatoms. The zero-order valence-corrected chi connectivity index (χ0v) is 10.8. The van der Waals surface area contributed by atoms with Gasteiger partial charge in [0.1, 0.15) is 0 Å². The second-order valence-electron chi connectivity index (χ2n) is 5.47. The van der Waals surface area contributed by atoms with Crippen LogP contribution in [0, 0.1) is 11.3 Å². The molecule has 0 spiro atoms. The van der Waals surface area contributed by atoms with Crippen molar-refractivity contribution in [3.63, 3.8) is 0 Å². The molecule has 1 N–H and O–H groups in total. The van der Waals surface area contributed by atoms with E-state index in [1.165, 1.54) is 18.4 Å². The molecule has 0 aromatic rings. The standard InChI is InChI=1S/C15H24O/c1-12(9-11-16)7-8-14-13(2)6-5-10-15(14,3)4/h7-9,14,16H,2,5-6,10-11H2,1,3-4H3/b8-7+,12-9+. The zero-order chi connectivity index (χ0) is 12.2. The fourth-order valence-corrected chi connectivity index (χ4v) is 2.49. The van der Waals surface area contributed by atoms with E-state index in [0.717, 1.165) is 12.0 Å². The van der Waals surface area contributed by atoms with Crippen molar-refractivity contribution in [3.05, 3.63) is 36.0 Å². The Morgan fingerprint density at radius 2 is 2.25 bits per heavy atom. The van der Waals surface area contributed by atoms with Crippen molar-refractivity contribution in [2.45, 2.75) is 40.0 Å². The van der Waals surface area contributed by atoms with Crippen LogP contribution in [-0.4, -0.2) is 11.7 Å². The monoisotopic (exact) mass is 220 g/mol. The van der Waals surface area contributed by atoms with Crippen LogP contribution >= 0.6 is 0 Å². The molecule has 0 aromatic heterocycles. The van der Waals surface area contributed by atoms with Crippen molar-refractivity contribution in [1.82, 2.24) is 0 Å². The smallest absolute Gasteiger partial charge is 0.0617 e. The van der Waals surface area contributed by atoms with Gasteiger partial charge in [0.05, 0.1) is 6.61 Å². The SMILES string of the molecule is C=C1CCCC(C)(C)C1/C=C/C(C)=C/CO. The molecular weight excluding hydrogens is 196 g/mol. The number of hydrogen-bond acceptors (Lipinski definition) is 1. The molecule has 1 aliphatic rings. The quantitative estimate of drug-likeness (QED) is 0.565. The summed E-state index contributed by atoms with van der Waals surface area (Å²) in [5.74, 6) is 0.475. The summed E-state index contributed by atoms with van der Waals surface area (Å²) in [6, 6.07) is 0. The van der Waals surface area contributed by atoms with Crippen LogP contribution in [0.4, 0.5) is 0 Å². The van der Waals surface area contributed by atoms with Gasteiger partial charge in [-0.2, -0.15) is 0 Å². The molecular formula is C15H24O. The number of aliphatic hydroxyl groups is 1. The highest BCUT2D eigenvalue weighted by Crippen LogP contribution is 2.43. The van der Waals surface area contributed by atoms with Crippen LogP contribution in [0.2, 0.25) is 0 Å². The molecule has 0 amide bonds. The Balaban J connectivity index is 2.77. The minimum atomic E-state index is 0.116. The second-order valence-corrected chi connectivity index (χ2v) is 5.47. The molecule has 1 fully saturated rings. The van der Waals surface area contributed by atoms with Crippen LogP contribution in [0.15, 0.2) is 36.0 Å². The summed E-state index contributed by atoms with van der Waals surface area (Å²) in [7, 11) is 0. The van der Waals surface area contributed by atoms with E-state index in [2.05, 4.69) is 32.6 Å². The van der Waals surface area contributed by atoms with Gasteiger partial charge >= 0.3 is 0 Å². The number of rotatable bonds is 3. The minimum absolute atomic E-state index is 0.116. The van der Waals surface area contributed by atoms with Gasteiger partial charge in [0.15, 0.2) is 0 Å². The Morgan fingerprint density at radius 3 is 2.81 bits per heavy atom. The number of hydrogen-bond donors (Lipinski definition) is 1. The summed E-state index contributed by atoms with van der Waals surface area (Å²) in [4.78, 5) is 0. The molecule has 1 atom stereocenters. The lowest BCUT2D eigenvalue weighted by molar-refractivity contribution is 0.228. The topological polar surface area (TPSA) is 20.2 Å². The van der Waals surface area contributed by atoms with Crippen LogP contribution in [0.5, 0.6) is 0 Å². The summed E-state index contributed by atoms with van der Waals surface area (Å²) in [5.41, 5.74) is 2.80. The van der Waals surface area contributed by atoms with E-state index >= 15 is 0 Å². The molecule has 0 radical (unpaired) electrons. The van der Waals surface area contributed by atoms with Crippen molar-refractivity contribution in [2.24, 2.45) is 11.3 Å². The molecule has 1 aliphatic carbocycles. The summed E-state index contributed by atoms with van der Waals surface area (Å²) < 4.78 is 0. The predicted molar refractivity (Wildman–Crippen MR) is 70.2 cm³/mol. The average molecular weight is 220 g/mol. The van der Waals surface area contributed by atoms with E-state index in [9.17, 15) is 0 Å². The first kappa shape index (κ1) is 13.2. The number of allylic oxidation sites excluding steroid dienone is 4. The summed E-state index contributed by atoms with van der Waals surface area (Å²) in [5, 5.41) is 8.80. The largest absolute Gasteiger partial charge is 0.392 e. The van der Waals surface area contributed by atoms with Gasteiger partial charge in [-0.1, -0.05) is 49.8 Å². The van der Waals surface area contributed by atoms with E-state index in [1.54, 1.807) is 0 Å². The molecule has 90 valence electrons. The predicted octanol–water partition coefficient (Wildman–Crippen LogP) is 3.86. The van der Waals surface area contributed by atoms with Gasteiger partial charge in [0, 0.05) is 5.92 Å². The van der Waals surface area contributed by atoms with E-state index in [-0.39, 0.29) is 6.61 Å². The van der Waals surface area contributed by atoms with Crippen molar-refractivity contribution in [3.8, 4) is 0 Å². The Morgan fingerprint density at radius 1 is 1.56 bits per heavy atom. The third-order valence-corrected chi connectivity index (χ3v) is 3.57. The maximum absolute atomic E-state index is 8.80. The molecule has 1 unspecified atom stereocenters. The van der Waals surface area contributed by atoms with E-state index in [4.69, 9.17) is 5.11 Å². The van der Waals surface area contributed by atoms with E-state index in [0.29, 0.717) is 11.3 Å². The molecule has 0 heterocycles. The lowest BCUT2D eigenvalue weighted by Gasteiger charge is -2.38. The molecule has 1 saturated carbocycles. The maximum Gasteiger partial charge on any atom is 0.0617 e. The first-order chi connectivity index (χ1) is 7.47. The van der Waals surface area contributed by atoms with Crippen LogP contribution in [0.25, 0.3) is 0 Å². The normalized spacial score (nSPS) is 26.4. The van der Waals surface area contributed by atoms with Gasteiger partial charge < -0.3 is 5.11 Å². The molecule has 0 bridgehead atoms. The Hall–Kier alpha value is -0.820. The number of aliphatic hydroxyl groups excluding tert-OH is 1. The van der Waals surface area contributed by atoms with Crippen molar-refractivity contribution in [2.75, 3.05) is 6.61 Å². The van der Waals surface area contributed by atoms with E-state index < -0.39 is 0 Å². The van der Waals surface area contributed by atoms with Gasteiger partial charge in [-0.05, 0) is 31.6 Å². The molecule has 0 saturated heterocycles. The summed E-state index contributed by atoms with van der Waals surface area (Å²) >= 11 is 0. The van der Waals surface area contributed by atoms with Gasteiger partial charge in [0.2, 0.25) is 0 Å². The lowest BCUT2D eigenvalue weighted by Crippen LogP contribution is -2.27. The van der Waals surface area contributed by atoms with Crippen molar-refractivity contribution < 1.29 is 5.11 Å². The minimum Gasteiger partial charge on any atom is -0.392 e. The Kier molecular flexibility index (Phi) is 4.55. The molecule has 0 aliphatic heterocycles. The fraction of sp³-hybridized carbons (Fsp3) is 0.600. The van der Waals surface area contributed by atoms with Gasteiger partial charge in [-0.3, -0.25) is 0 Å². The zero-order valence-electron chi connectivity index (χ0n) is 10.8. The molecule has 16 heavy (non-hydrogen) atoms. The van der Waals surface area contributed by atoms with Crippen LogP contribution < -0.4 is 0 Å². The van der Waals surface area contributed by atoms with Crippen LogP contribution in [0.3, 0.4) is 0 Å². The first-order valence-corrected chi connectivity index (χ1v) is 6.11. The second kappa shape index (κ2) is 5.49. The van der Waals surface area contributed by atoms with Gasteiger partial charge in [-0.15, -0.1) is 0 Å². The first-order valence-electron chi connectivity index (χ1n) is 6.11. The molecule has 1 rings (SSSR count). The maximum atomic E-state index is 8.80. The Bertz CT molecular complexity index is 307. The molecule has 0 aromatic carbocycles. The van der Waals surface area contributed by atoms with Crippen LogP contribution in [-0.2, 0) is 0 Å². The lowest BCUT2D eigenvalue weighted by atomic mass is 9.66. The Labute approximate surface area is 99.6 Å². The third kappa shape index (κ3) is 3.34. The van der Waals surface area contributed by atoms with Gasteiger partial charge in [-0.25, -0.2) is 0 Å². The summed E-state index contributed by atoms with van der Waals surface area (Å²) in [6.45, 7) is 11.0. The highest BCUT2D eigenvalue weighted by atomic mass is 16.2.